The summed E-state index contributed by atoms with van der Waals surface area (Å²) < 4.78 is 70.0. The van der Waals surface area contributed by atoms with Crippen molar-refractivity contribution in [2.75, 3.05) is 19.5 Å². The van der Waals surface area contributed by atoms with Gasteiger partial charge in [-0.15, -0.1) is 0 Å². The second-order valence-electron chi connectivity index (χ2n) is 6.83. The molecule has 0 aliphatic rings. The molecule has 0 saturated carbocycles. The molecule has 0 aliphatic carbocycles. The van der Waals surface area contributed by atoms with Crippen LogP contribution in [0, 0.1) is 0 Å². The van der Waals surface area contributed by atoms with Gasteiger partial charge in [-0.05, 0) is 66.2 Å². The average molecular weight is 450 g/mol. The van der Waals surface area contributed by atoms with E-state index >= 15 is 0 Å². The van der Waals surface area contributed by atoms with Crippen molar-refractivity contribution in [2.45, 2.75) is 17.6 Å². The van der Waals surface area contributed by atoms with Gasteiger partial charge in [0.2, 0.25) is 10.0 Å². The van der Waals surface area contributed by atoms with Crippen LogP contribution in [0.1, 0.15) is 11.1 Å². The number of benzene rings is 3. The van der Waals surface area contributed by atoms with Gasteiger partial charge in [0.15, 0.2) is 0 Å². The SMILES string of the molecule is COc1ccc(CN(C)S(=O)(=O)c2ccc(Nc3ccc(C(F)(F)F)cc3)cc2)cc1. The number of sulfonamides is 1. The number of halogens is 3. The summed E-state index contributed by atoms with van der Waals surface area (Å²) in [6, 6.07) is 17.7. The summed E-state index contributed by atoms with van der Waals surface area (Å²) in [7, 11) is -0.664. The van der Waals surface area contributed by atoms with Crippen molar-refractivity contribution in [1.29, 1.82) is 0 Å². The van der Waals surface area contributed by atoms with Crippen molar-refractivity contribution < 1.29 is 26.3 Å². The van der Waals surface area contributed by atoms with E-state index in [1.165, 1.54) is 35.6 Å². The highest BCUT2D eigenvalue weighted by molar-refractivity contribution is 7.89. The quantitative estimate of drug-likeness (QED) is 0.532. The number of hydrogen-bond donors (Lipinski definition) is 1. The number of rotatable bonds is 7. The Hall–Kier alpha value is -3.04. The maximum absolute atomic E-state index is 12.8. The van der Waals surface area contributed by atoms with E-state index in [1.807, 2.05) is 0 Å². The molecule has 5 nitrogen and oxygen atoms in total. The zero-order valence-corrected chi connectivity index (χ0v) is 17.7. The summed E-state index contributed by atoms with van der Waals surface area (Å²) >= 11 is 0. The minimum atomic E-state index is -4.40. The number of ether oxygens (including phenoxy) is 1. The second kappa shape index (κ2) is 8.99. The Bertz CT molecular complexity index is 1110. The van der Waals surface area contributed by atoms with Crippen LogP contribution in [0.2, 0.25) is 0 Å². The van der Waals surface area contributed by atoms with Crippen molar-refractivity contribution in [3.63, 3.8) is 0 Å². The molecule has 0 amide bonds. The van der Waals surface area contributed by atoms with Crippen molar-refractivity contribution in [1.82, 2.24) is 4.31 Å². The molecule has 3 aromatic carbocycles. The fourth-order valence-electron chi connectivity index (χ4n) is 2.87. The first-order chi connectivity index (χ1) is 14.6. The van der Waals surface area contributed by atoms with E-state index in [0.717, 1.165) is 17.7 Å². The summed E-state index contributed by atoms with van der Waals surface area (Å²) in [4.78, 5) is 0.112. The smallest absolute Gasteiger partial charge is 0.416 e. The summed E-state index contributed by atoms with van der Waals surface area (Å²) in [6.07, 6.45) is -4.40. The van der Waals surface area contributed by atoms with Gasteiger partial charge in [-0.3, -0.25) is 0 Å². The molecule has 3 rings (SSSR count). The van der Waals surface area contributed by atoms with Gasteiger partial charge in [-0.25, -0.2) is 8.42 Å². The van der Waals surface area contributed by atoms with Gasteiger partial charge in [-0.2, -0.15) is 17.5 Å². The van der Waals surface area contributed by atoms with Gasteiger partial charge in [-0.1, -0.05) is 12.1 Å². The summed E-state index contributed by atoms with van der Waals surface area (Å²) in [6.45, 7) is 0.192. The molecule has 0 fully saturated rings. The highest BCUT2D eigenvalue weighted by atomic mass is 32.2. The van der Waals surface area contributed by atoms with Crippen LogP contribution in [0.5, 0.6) is 5.75 Å². The molecule has 0 bridgehead atoms. The monoisotopic (exact) mass is 450 g/mol. The topological polar surface area (TPSA) is 58.6 Å². The molecule has 0 unspecified atom stereocenters. The lowest BCUT2D eigenvalue weighted by molar-refractivity contribution is -0.137. The Morgan fingerprint density at radius 3 is 1.87 bits per heavy atom. The Balaban J connectivity index is 1.68. The molecule has 3 aromatic rings. The lowest BCUT2D eigenvalue weighted by Gasteiger charge is -2.18. The minimum Gasteiger partial charge on any atom is -0.497 e. The summed E-state index contributed by atoms with van der Waals surface area (Å²) in [5.74, 6) is 0.686. The summed E-state index contributed by atoms with van der Waals surface area (Å²) in [5, 5.41) is 2.95. The molecule has 1 N–H and O–H groups in total. The van der Waals surface area contributed by atoms with Crippen LogP contribution in [0.3, 0.4) is 0 Å². The third-order valence-corrected chi connectivity index (χ3v) is 6.45. The molecule has 0 radical (unpaired) electrons. The molecule has 0 heterocycles. The fraction of sp³-hybridized carbons (Fsp3) is 0.182. The predicted molar refractivity (Wildman–Crippen MR) is 113 cm³/mol. The molecule has 0 atom stereocenters. The molecular formula is C22H21F3N2O3S. The first-order valence-electron chi connectivity index (χ1n) is 9.23. The number of nitrogens with one attached hydrogen (secondary N) is 1. The molecule has 0 aliphatic heterocycles. The highest BCUT2D eigenvalue weighted by Crippen LogP contribution is 2.30. The Morgan fingerprint density at radius 1 is 0.871 bits per heavy atom. The van der Waals surface area contributed by atoms with E-state index < -0.39 is 21.8 Å². The minimum absolute atomic E-state index is 0.112. The van der Waals surface area contributed by atoms with Crippen LogP contribution < -0.4 is 10.1 Å². The van der Waals surface area contributed by atoms with E-state index in [1.54, 1.807) is 43.5 Å². The molecule has 0 spiro atoms. The average Bonchev–Trinajstić information content (AvgIpc) is 2.74. The maximum Gasteiger partial charge on any atom is 0.416 e. The van der Waals surface area contributed by atoms with Gasteiger partial charge in [0.05, 0.1) is 17.6 Å². The Labute approximate surface area is 179 Å². The standard InChI is InChI=1S/C22H21F3N2O3S/c1-27(15-16-3-11-20(30-2)12-4-16)31(28,29)21-13-9-19(10-14-21)26-18-7-5-17(6-8-18)22(23,24)25/h3-14,26H,15H2,1-2H3. The molecular weight excluding hydrogens is 429 g/mol. The second-order valence-corrected chi connectivity index (χ2v) is 8.88. The third kappa shape index (κ3) is 5.56. The molecule has 164 valence electrons. The first-order valence-corrected chi connectivity index (χ1v) is 10.7. The van der Waals surface area contributed by atoms with Crippen molar-refractivity contribution in [3.8, 4) is 5.75 Å². The number of anilines is 2. The van der Waals surface area contributed by atoms with Gasteiger partial charge < -0.3 is 10.1 Å². The zero-order valence-electron chi connectivity index (χ0n) is 16.8. The van der Waals surface area contributed by atoms with Crippen molar-refractivity contribution >= 4 is 21.4 Å². The number of alkyl halides is 3. The number of hydrogen-bond acceptors (Lipinski definition) is 4. The molecule has 9 heteroatoms. The van der Waals surface area contributed by atoms with Gasteiger partial charge >= 0.3 is 6.18 Å². The van der Waals surface area contributed by atoms with Crippen LogP contribution in [0.4, 0.5) is 24.5 Å². The summed E-state index contributed by atoms with van der Waals surface area (Å²) in [5.41, 5.74) is 1.09. The maximum atomic E-state index is 12.8. The van der Waals surface area contributed by atoms with E-state index in [9.17, 15) is 21.6 Å². The Morgan fingerprint density at radius 2 is 1.39 bits per heavy atom. The van der Waals surface area contributed by atoms with Crippen LogP contribution in [0.15, 0.2) is 77.7 Å². The van der Waals surface area contributed by atoms with Crippen LogP contribution in [0.25, 0.3) is 0 Å². The van der Waals surface area contributed by atoms with E-state index in [4.69, 9.17) is 4.74 Å². The molecule has 0 aromatic heterocycles. The lowest BCUT2D eigenvalue weighted by atomic mass is 10.2. The van der Waals surface area contributed by atoms with E-state index in [2.05, 4.69) is 5.32 Å². The number of nitrogens with zero attached hydrogens (tertiary/aromatic N) is 1. The predicted octanol–water partition coefficient (Wildman–Crippen LogP) is 5.28. The van der Waals surface area contributed by atoms with Gasteiger partial charge in [0.1, 0.15) is 5.75 Å². The van der Waals surface area contributed by atoms with Crippen molar-refractivity contribution in [3.05, 3.63) is 83.9 Å². The fourth-order valence-corrected chi connectivity index (χ4v) is 4.03. The van der Waals surface area contributed by atoms with Gasteiger partial charge in [0.25, 0.3) is 0 Å². The molecule has 31 heavy (non-hydrogen) atoms. The number of methoxy groups -OCH3 is 1. The lowest BCUT2D eigenvalue weighted by Crippen LogP contribution is -2.26. The molecule has 0 saturated heterocycles. The first kappa shape index (κ1) is 22.6. The van der Waals surface area contributed by atoms with Crippen LogP contribution in [-0.2, 0) is 22.7 Å². The normalized spacial score (nSPS) is 12.1. The third-order valence-electron chi connectivity index (χ3n) is 4.63. The van der Waals surface area contributed by atoms with Gasteiger partial charge in [0, 0.05) is 25.0 Å². The zero-order chi connectivity index (χ0) is 22.6. The largest absolute Gasteiger partial charge is 0.497 e. The van der Waals surface area contributed by atoms with E-state index in [-0.39, 0.29) is 11.4 Å². The van der Waals surface area contributed by atoms with Crippen LogP contribution >= 0.6 is 0 Å². The highest BCUT2D eigenvalue weighted by Gasteiger charge is 2.30. The van der Waals surface area contributed by atoms with Crippen LogP contribution in [-0.4, -0.2) is 26.9 Å². The Kier molecular flexibility index (Phi) is 6.56. The van der Waals surface area contributed by atoms with Crippen molar-refractivity contribution in [2.24, 2.45) is 0 Å². The van der Waals surface area contributed by atoms with E-state index in [0.29, 0.717) is 17.1 Å².